The smallest absolute Gasteiger partial charge is 0.123 e. The van der Waals surface area contributed by atoms with E-state index in [9.17, 15) is 4.39 Å². The summed E-state index contributed by atoms with van der Waals surface area (Å²) in [5, 5.41) is 0. The van der Waals surface area contributed by atoms with Crippen LogP contribution in [-0.2, 0) is 6.42 Å². The van der Waals surface area contributed by atoms with E-state index in [1.807, 2.05) is 6.92 Å². The first-order chi connectivity index (χ1) is 8.13. The SMILES string of the molecule is C#CCCCOc1ccc(F)cc1CC(C)N. The Bertz CT molecular complexity index is 396. The lowest BCUT2D eigenvalue weighted by Crippen LogP contribution is -2.18. The van der Waals surface area contributed by atoms with Gasteiger partial charge < -0.3 is 10.5 Å². The van der Waals surface area contributed by atoms with E-state index in [-0.39, 0.29) is 11.9 Å². The predicted octanol–water partition coefficient (Wildman–Crippen LogP) is 2.51. The predicted molar refractivity (Wildman–Crippen MR) is 67.3 cm³/mol. The quantitative estimate of drug-likeness (QED) is 0.607. The molecule has 0 heterocycles. The van der Waals surface area contributed by atoms with Gasteiger partial charge in [-0.2, -0.15) is 0 Å². The van der Waals surface area contributed by atoms with Gasteiger partial charge in [0.25, 0.3) is 0 Å². The highest BCUT2D eigenvalue weighted by Gasteiger charge is 2.07. The summed E-state index contributed by atoms with van der Waals surface area (Å²) in [7, 11) is 0. The Kier molecular flexibility index (Phi) is 5.51. The fourth-order valence-corrected chi connectivity index (χ4v) is 1.55. The fourth-order valence-electron chi connectivity index (χ4n) is 1.55. The summed E-state index contributed by atoms with van der Waals surface area (Å²) in [6.45, 7) is 2.43. The topological polar surface area (TPSA) is 35.2 Å². The number of benzene rings is 1. The summed E-state index contributed by atoms with van der Waals surface area (Å²) in [6.07, 6.45) is 7.23. The van der Waals surface area contributed by atoms with Gasteiger partial charge in [0.05, 0.1) is 6.61 Å². The van der Waals surface area contributed by atoms with Crippen molar-refractivity contribution in [2.45, 2.75) is 32.2 Å². The van der Waals surface area contributed by atoms with Crippen LogP contribution in [0.25, 0.3) is 0 Å². The molecule has 0 saturated carbocycles. The maximum absolute atomic E-state index is 13.1. The Morgan fingerprint density at radius 1 is 1.53 bits per heavy atom. The molecule has 0 fully saturated rings. The van der Waals surface area contributed by atoms with Gasteiger partial charge in [0.1, 0.15) is 11.6 Å². The lowest BCUT2D eigenvalue weighted by Gasteiger charge is -2.12. The molecule has 0 radical (unpaired) electrons. The Balaban J connectivity index is 2.66. The molecule has 1 atom stereocenters. The van der Waals surface area contributed by atoms with E-state index in [4.69, 9.17) is 16.9 Å². The number of rotatable bonds is 6. The summed E-state index contributed by atoms with van der Waals surface area (Å²) in [6, 6.07) is 4.48. The van der Waals surface area contributed by atoms with E-state index in [0.29, 0.717) is 25.2 Å². The Hall–Kier alpha value is -1.53. The largest absolute Gasteiger partial charge is 0.493 e. The Morgan fingerprint density at radius 3 is 2.94 bits per heavy atom. The number of halogens is 1. The monoisotopic (exact) mass is 235 g/mol. The molecule has 1 unspecified atom stereocenters. The van der Waals surface area contributed by atoms with Crippen molar-refractivity contribution in [3.8, 4) is 18.1 Å². The van der Waals surface area contributed by atoms with Crippen LogP contribution in [0.4, 0.5) is 4.39 Å². The van der Waals surface area contributed by atoms with Gasteiger partial charge in [0, 0.05) is 12.5 Å². The molecule has 0 bridgehead atoms. The summed E-state index contributed by atoms with van der Waals surface area (Å²) in [5.74, 6) is 2.98. The van der Waals surface area contributed by atoms with Crippen LogP contribution in [-0.4, -0.2) is 12.6 Å². The van der Waals surface area contributed by atoms with E-state index in [2.05, 4.69) is 5.92 Å². The second kappa shape index (κ2) is 6.93. The molecule has 2 N–H and O–H groups in total. The molecule has 0 aliphatic carbocycles. The van der Waals surface area contributed by atoms with Crippen molar-refractivity contribution in [3.63, 3.8) is 0 Å². The average Bonchev–Trinajstić information content (AvgIpc) is 2.26. The van der Waals surface area contributed by atoms with Crippen LogP contribution in [0.1, 0.15) is 25.3 Å². The lowest BCUT2D eigenvalue weighted by atomic mass is 10.1. The van der Waals surface area contributed by atoms with Crippen molar-refractivity contribution < 1.29 is 9.13 Å². The molecule has 0 aromatic heterocycles. The van der Waals surface area contributed by atoms with Crippen molar-refractivity contribution >= 4 is 0 Å². The summed E-state index contributed by atoms with van der Waals surface area (Å²) < 4.78 is 18.7. The average molecular weight is 235 g/mol. The first-order valence-corrected chi connectivity index (χ1v) is 5.73. The summed E-state index contributed by atoms with van der Waals surface area (Å²) in [4.78, 5) is 0. The Morgan fingerprint density at radius 2 is 2.29 bits per heavy atom. The van der Waals surface area contributed by atoms with Crippen LogP contribution >= 0.6 is 0 Å². The molecule has 0 aliphatic heterocycles. The standard InChI is InChI=1S/C14H18FNO/c1-3-4-5-8-17-14-7-6-13(15)10-12(14)9-11(2)16/h1,6-7,10-11H,4-5,8-9,16H2,2H3. The number of hydrogen-bond donors (Lipinski definition) is 1. The van der Waals surface area contributed by atoms with Gasteiger partial charge in [-0.3, -0.25) is 0 Å². The number of nitrogens with two attached hydrogens (primary N) is 1. The van der Waals surface area contributed by atoms with Gasteiger partial charge in [-0.05, 0) is 43.5 Å². The van der Waals surface area contributed by atoms with E-state index >= 15 is 0 Å². The molecule has 17 heavy (non-hydrogen) atoms. The molecule has 1 aromatic carbocycles. The second-order valence-corrected chi connectivity index (χ2v) is 4.09. The molecule has 0 aliphatic rings. The number of hydrogen-bond acceptors (Lipinski definition) is 2. The van der Waals surface area contributed by atoms with E-state index in [1.165, 1.54) is 12.1 Å². The maximum atomic E-state index is 13.1. The lowest BCUT2D eigenvalue weighted by molar-refractivity contribution is 0.308. The van der Waals surface area contributed by atoms with Crippen molar-refractivity contribution in [1.82, 2.24) is 0 Å². The van der Waals surface area contributed by atoms with Gasteiger partial charge in [0.15, 0.2) is 0 Å². The van der Waals surface area contributed by atoms with E-state index < -0.39 is 0 Å². The highest BCUT2D eigenvalue weighted by Crippen LogP contribution is 2.21. The number of unbranched alkanes of at least 4 members (excludes halogenated alkanes) is 1. The normalized spacial score (nSPS) is 11.9. The molecular weight excluding hydrogens is 217 g/mol. The zero-order valence-corrected chi connectivity index (χ0v) is 10.1. The minimum absolute atomic E-state index is 0.0233. The molecular formula is C14H18FNO. The molecule has 2 nitrogen and oxygen atoms in total. The van der Waals surface area contributed by atoms with Crippen LogP contribution in [0, 0.1) is 18.2 Å². The van der Waals surface area contributed by atoms with Crippen molar-refractivity contribution in [3.05, 3.63) is 29.6 Å². The zero-order chi connectivity index (χ0) is 12.7. The van der Waals surface area contributed by atoms with E-state index in [1.54, 1.807) is 6.07 Å². The molecule has 0 saturated heterocycles. The third-order valence-corrected chi connectivity index (χ3v) is 2.29. The van der Waals surface area contributed by atoms with Gasteiger partial charge in [0.2, 0.25) is 0 Å². The first kappa shape index (κ1) is 13.5. The second-order valence-electron chi connectivity index (χ2n) is 4.09. The van der Waals surface area contributed by atoms with Crippen molar-refractivity contribution in [2.75, 3.05) is 6.61 Å². The zero-order valence-electron chi connectivity index (χ0n) is 10.1. The molecule has 3 heteroatoms. The van der Waals surface area contributed by atoms with Crippen LogP contribution in [0.2, 0.25) is 0 Å². The van der Waals surface area contributed by atoms with Crippen LogP contribution in [0.5, 0.6) is 5.75 Å². The molecule has 1 aromatic rings. The van der Waals surface area contributed by atoms with Crippen molar-refractivity contribution in [1.29, 1.82) is 0 Å². The first-order valence-electron chi connectivity index (χ1n) is 5.73. The van der Waals surface area contributed by atoms with Crippen LogP contribution in [0.3, 0.4) is 0 Å². The minimum Gasteiger partial charge on any atom is -0.493 e. The van der Waals surface area contributed by atoms with Crippen LogP contribution < -0.4 is 10.5 Å². The van der Waals surface area contributed by atoms with Gasteiger partial charge in [-0.1, -0.05) is 0 Å². The Labute approximate surface area is 102 Å². The molecule has 92 valence electrons. The summed E-state index contributed by atoms with van der Waals surface area (Å²) in [5.41, 5.74) is 6.52. The van der Waals surface area contributed by atoms with Crippen molar-refractivity contribution in [2.24, 2.45) is 5.73 Å². The molecule has 1 rings (SSSR count). The summed E-state index contributed by atoms with van der Waals surface area (Å²) >= 11 is 0. The van der Waals surface area contributed by atoms with Gasteiger partial charge >= 0.3 is 0 Å². The highest BCUT2D eigenvalue weighted by molar-refractivity contribution is 5.34. The van der Waals surface area contributed by atoms with E-state index in [0.717, 1.165) is 12.0 Å². The molecule has 0 amide bonds. The fraction of sp³-hybridized carbons (Fsp3) is 0.429. The van der Waals surface area contributed by atoms with Gasteiger partial charge in [-0.25, -0.2) is 4.39 Å². The minimum atomic E-state index is -0.267. The van der Waals surface area contributed by atoms with Crippen LogP contribution in [0.15, 0.2) is 18.2 Å². The third kappa shape index (κ3) is 4.88. The maximum Gasteiger partial charge on any atom is 0.123 e. The van der Waals surface area contributed by atoms with Gasteiger partial charge in [-0.15, -0.1) is 12.3 Å². The highest BCUT2D eigenvalue weighted by atomic mass is 19.1. The number of ether oxygens (including phenoxy) is 1. The third-order valence-electron chi connectivity index (χ3n) is 2.29. The molecule has 0 spiro atoms. The number of terminal acetylenes is 1.